The number of carboxylic acid groups (broad SMARTS) is 1. The van der Waals surface area contributed by atoms with Crippen LogP contribution < -0.4 is 9.47 Å². The number of hydrogen-bond acceptors (Lipinski definition) is 5. The molecule has 0 atom stereocenters. The molecule has 2 aromatic heterocycles. The Kier molecular flexibility index (Phi) is 10.5. The van der Waals surface area contributed by atoms with Gasteiger partial charge in [0.15, 0.2) is 6.61 Å². The molecule has 0 aliphatic heterocycles. The largest absolute Gasteiger partial charge is 0.491 e. The van der Waals surface area contributed by atoms with E-state index in [4.69, 9.17) is 31.2 Å². The van der Waals surface area contributed by atoms with Crippen molar-refractivity contribution in [2.24, 2.45) is 5.92 Å². The van der Waals surface area contributed by atoms with Crippen LogP contribution in [0, 0.1) is 5.92 Å². The molecule has 222 valence electrons. The van der Waals surface area contributed by atoms with Crippen LogP contribution in [0.5, 0.6) is 11.5 Å². The normalized spacial score (nSPS) is 11.3. The van der Waals surface area contributed by atoms with E-state index in [0.717, 1.165) is 33.5 Å². The summed E-state index contributed by atoms with van der Waals surface area (Å²) in [7, 11) is 0. The first-order valence-corrected chi connectivity index (χ1v) is 15.0. The molecule has 2 heterocycles. The van der Waals surface area contributed by atoms with Crippen molar-refractivity contribution in [2.45, 2.75) is 53.2 Å². The molecule has 8 nitrogen and oxygen atoms in total. The Morgan fingerprint density at radius 3 is 2.57 bits per heavy atom. The third-order valence-corrected chi connectivity index (χ3v) is 7.40. The molecule has 4 aromatic rings. The van der Waals surface area contributed by atoms with Crippen LogP contribution in [0.25, 0.3) is 5.65 Å². The van der Waals surface area contributed by atoms with E-state index < -0.39 is 12.6 Å². The Morgan fingerprint density at radius 1 is 1.10 bits per heavy atom. The number of ether oxygens (including phenoxy) is 2. The standard InChI is InChI=1S/C32H35BrClN3O5/c1-20(2)12-14-36(32(40)25-10-9-24(17-26(25)34)42-21(3)4)18-27-28(37-13-6-5-7-30(37)35-27)16-22-15-23(33)8-11-29(22)41-19-31(38)39/h5-11,13,15,17,20-21H,12,14,16,18-19H2,1-4H3,(H,38,39). The Morgan fingerprint density at radius 2 is 1.88 bits per heavy atom. The summed E-state index contributed by atoms with van der Waals surface area (Å²) in [6.45, 7) is 8.45. The summed E-state index contributed by atoms with van der Waals surface area (Å²) >= 11 is 10.1. The van der Waals surface area contributed by atoms with E-state index in [1.807, 2.05) is 54.8 Å². The Hall–Kier alpha value is -3.56. The topological polar surface area (TPSA) is 93.4 Å². The van der Waals surface area contributed by atoms with Crippen LogP contribution >= 0.6 is 27.5 Å². The molecule has 0 fully saturated rings. The van der Waals surface area contributed by atoms with E-state index in [1.54, 1.807) is 29.2 Å². The molecular weight excluding hydrogens is 622 g/mol. The van der Waals surface area contributed by atoms with Crippen molar-refractivity contribution in [3.63, 3.8) is 0 Å². The van der Waals surface area contributed by atoms with Crippen LogP contribution in [-0.4, -0.2) is 50.5 Å². The Labute approximate surface area is 259 Å². The van der Waals surface area contributed by atoms with Crippen LogP contribution in [0.1, 0.15) is 61.4 Å². The highest BCUT2D eigenvalue weighted by molar-refractivity contribution is 9.10. The van der Waals surface area contributed by atoms with Crippen molar-refractivity contribution in [2.75, 3.05) is 13.2 Å². The molecule has 0 radical (unpaired) electrons. The lowest BCUT2D eigenvalue weighted by Crippen LogP contribution is -2.33. The number of halogens is 2. The monoisotopic (exact) mass is 655 g/mol. The second-order valence-electron chi connectivity index (χ2n) is 10.8. The van der Waals surface area contributed by atoms with E-state index in [9.17, 15) is 9.59 Å². The molecule has 1 N–H and O–H groups in total. The molecule has 1 amide bonds. The highest BCUT2D eigenvalue weighted by Gasteiger charge is 2.24. The van der Waals surface area contributed by atoms with E-state index in [2.05, 4.69) is 29.8 Å². The number of carbonyl (C=O) groups is 2. The molecule has 0 bridgehead atoms. The molecule has 0 spiro atoms. The molecule has 0 aliphatic carbocycles. The SMILES string of the molecule is CC(C)CCN(Cc1nc2ccccn2c1Cc1cc(Br)ccc1OCC(=O)O)C(=O)c1ccc(OC(C)C)cc1Cl. The zero-order valence-electron chi connectivity index (χ0n) is 24.1. The van der Waals surface area contributed by atoms with E-state index in [-0.39, 0.29) is 18.6 Å². The number of hydrogen-bond donors (Lipinski definition) is 1. The van der Waals surface area contributed by atoms with Crippen LogP contribution in [0.2, 0.25) is 5.02 Å². The van der Waals surface area contributed by atoms with Gasteiger partial charge in [0.25, 0.3) is 5.91 Å². The first kappa shape index (κ1) is 31.4. The van der Waals surface area contributed by atoms with Crippen molar-refractivity contribution >= 4 is 45.1 Å². The summed E-state index contributed by atoms with van der Waals surface area (Å²) in [6, 6.07) is 16.4. The van der Waals surface area contributed by atoms with Gasteiger partial charge in [0.2, 0.25) is 0 Å². The molecule has 42 heavy (non-hydrogen) atoms. The van der Waals surface area contributed by atoms with Gasteiger partial charge in [0.05, 0.1) is 34.6 Å². The number of carboxylic acids is 1. The molecule has 4 rings (SSSR count). The Bertz CT molecular complexity index is 1570. The van der Waals surface area contributed by atoms with Crippen molar-refractivity contribution in [1.29, 1.82) is 0 Å². The summed E-state index contributed by atoms with van der Waals surface area (Å²) in [5, 5.41) is 9.50. The average molecular weight is 657 g/mol. The minimum absolute atomic E-state index is 0.0149. The summed E-state index contributed by atoms with van der Waals surface area (Å²) in [6.07, 6.45) is 3.13. The van der Waals surface area contributed by atoms with Gasteiger partial charge >= 0.3 is 5.97 Å². The zero-order chi connectivity index (χ0) is 30.4. The lowest BCUT2D eigenvalue weighted by Gasteiger charge is -2.24. The minimum atomic E-state index is -1.05. The number of amides is 1. The van der Waals surface area contributed by atoms with Gasteiger partial charge < -0.3 is 23.9 Å². The fraction of sp³-hybridized carbons (Fsp3) is 0.344. The van der Waals surface area contributed by atoms with Gasteiger partial charge in [-0.3, -0.25) is 4.79 Å². The van der Waals surface area contributed by atoms with E-state index in [1.165, 1.54) is 0 Å². The van der Waals surface area contributed by atoms with Crippen molar-refractivity contribution in [1.82, 2.24) is 14.3 Å². The van der Waals surface area contributed by atoms with Crippen LogP contribution in [0.4, 0.5) is 0 Å². The van der Waals surface area contributed by atoms with Gasteiger partial charge in [-0.1, -0.05) is 47.4 Å². The highest BCUT2D eigenvalue weighted by atomic mass is 79.9. The number of aliphatic carboxylic acids is 1. The van der Waals surface area contributed by atoms with E-state index in [0.29, 0.717) is 41.0 Å². The number of nitrogens with zero attached hydrogens (tertiary/aromatic N) is 3. The number of carbonyl (C=O) groups excluding carboxylic acids is 1. The fourth-order valence-corrected chi connectivity index (χ4v) is 5.25. The minimum Gasteiger partial charge on any atom is -0.491 e. The number of pyridine rings is 1. The van der Waals surface area contributed by atoms with Gasteiger partial charge in [-0.2, -0.15) is 0 Å². The van der Waals surface area contributed by atoms with Crippen LogP contribution in [-0.2, 0) is 17.8 Å². The molecule has 0 aliphatic rings. The van der Waals surface area contributed by atoms with Gasteiger partial charge in [-0.05, 0) is 74.7 Å². The lowest BCUT2D eigenvalue weighted by atomic mass is 10.1. The summed E-state index contributed by atoms with van der Waals surface area (Å²) < 4.78 is 14.2. The molecular formula is C32H35BrClN3O5. The highest BCUT2D eigenvalue weighted by Crippen LogP contribution is 2.29. The molecule has 10 heteroatoms. The second-order valence-corrected chi connectivity index (χ2v) is 12.1. The molecule has 2 aromatic carbocycles. The van der Waals surface area contributed by atoms with Gasteiger partial charge in [-0.25, -0.2) is 9.78 Å². The maximum atomic E-state index is 13.9. The average Bonchev–Trinajstić information content (AvgIpc) is 3.26. The Balaban J connectivity index is 1.72. The third-order valence-electron chi connectivity index (χ3n) is 6.59. The van der Waals surface area contributed by atoms with Gasteiger partial charge in [0, 0.05) is 29.2 Å². The first-order chi connectivity index (χ1) is 20.0. The van der Waals surface area contributed by atoms with Gasteiger partial charge in [-0.15, -0.1) is 0 Å². The van der Waals surface area contributed by atoms with Crippen LogP contribution in [0.3, 0.4) is 0 Å². The molecule has 0 saturated carbocycles. The third kappa shape index (κ3) is 8.04. The number of benzene rings is 2. The predicted molar refractivity (Wildman–Crippen MR) is 167 cm³/mol. The molecule has 0 unspecified atom stereocenters. The first-order valence-electron chi connectivity index (χ1n) is 13.8. The summed E-state index contributed by atoms with van der Waals surface area (Å²) in [5.74, 6) is 0.223. The number of fused-ring (bicyclic) bond motifs is 1. The number of rotatable bonds is 13. The summed E-state index contributed by atoms with van der Waals surface area (Å²) in [4.78, 5) is 31.8. The predicted octanol–water partition coefficient (Wildman–Crippen LogP) is 7.28. The second kappa shape index (κ2) is 14.1. The fourth-order valence-electron chi connectivity index (χ4n) is 4.59. The zero-order valence-corrected chi connectivity index (χ0v) is 26.5. The lowest BCUT2D eigenvalue weighted by molar-refractivity contribution is -0.139. The van der Waals surface area contributed by atoms with Crippen molar-refractivity contribution in [3.05, 3.63) is 92.8 Å². The molecule has 0 saturated heterocycles. The smallest absolute Gasteiger partial charge is 0.341 e. The maximum Gasteiger partial charge on any atom is 0.341 e. The van der Waals surface area contributed by atoms with Crippen LogP contribution in [0.15, 0.2) is 65.3 Å². The van der Waals surface area contributed by atoms with Gasteiger partial charge in [0.1, 0.15) is 17.1 Å². The number of aromatic nitrogens is 2. The number of imidazole rings is 1. The van der Waals surface area contributed by atoms with Crippen molar-refractivity contribution < 1.29 is 24.2 Å². The van der Waals surface area contributed by atoms with E-state index >= 15 is 0 Å². The maximum absolute atomic E-state index is 13.9. The quantitative estimate of drug-likeness (QED) is 0.163. The van der Waals surface area contributed by atoms with Crippen molar-refractivity contribution in [3.8, 4) is 11.5 Å². The summed E-state index contributed by atoms with van der Waals surface area (Å²) in [5.41, 5.74) is 3.55.